The normalized spacial score (nSPS) is 32.7. The van der Waals surface area contributed by atoms with Crippen LogP contribution in [0.1, 0.15) is 40.0 Å². The molecule has 0 aromatic rings. The van der Waals surface area contributed by atoms with E-state index < -0.39 is 18.6 Å². The molecule has 1 spiro atoms. The van der Waals surface area contributed by atoms with Crippen LogP contribution in [-0.4, -0.2) is 46.2 Å². The van der Waals surface area contributed by atoms with E-state index in [4.69, 9.17) is 10.2 Å². The predicted octanol–water partition coefficient (Wildman–Crippen LogP) is 1.11. The number of β-lactam (4-membered cyclic amide) rings is 1. The number of hydrogen-bond donors (Lipinski definition) is 2. The number of carboxylic acid groups (broad SMARTS) is 1. The lowest BCUT2D eigenvalue weighted by molar-refractivity contribution is -0.177. The maximum Gasteiger partial charge on any atom is 0.328 e. The monoisotopic (exact) mass is 257 g/mol. The van der Waals surface area contributed by atoms with Crippen molar-refractivity contribution >= 4 is 11.9 Å². The lowest BCUT2D eigenvalue weighted by atomic mass is 9.65. The second-order valence-electron chi connectivity index (χ2n) is 5.43. The van der Waals surface area contributed by atoms with Crippen LogP contribution in [0.2, 0.25) is 0 Å². The maximum atomic E-state index is 12.1. The van der Waals surface area contributed by atoms with Crippen molar-refractivity contribution in [2.24, 2.45) is 11.3 Å². The van der Waals surface area contributed by atoms with E-state index in [0.29, 0.717) is 12.5 Å². The van der Waals surface area contributed by atoms with Crippen molar-refractivity contribution in [1.82, 2.24) is 4.90 Å². The largest absolute Gasteiger partial charge is 0.480 e. The fraction of sp³-hybridized carbons (Fsp3) is 0.846. The Kier molecular flexibility index (Phi) is 4.37. The standard InChI is InChI=1S/C12H19NO4.CH4/c1-8-2-4-12(5-3-8)7-13(11(12)17)9(6-14)10(15)16;/h8-9,14H,2-7H2,1H3,(H,15,16);1H4. The molecule has 0 radical (unpaired) electrons. The molecule has 2 aliphatic rings. The van der Waals surface area contributed by atoms with Crippen LogP contribution >= 0.6 is 0 Å². The number of carboxylic acids is 1. The Bertz CT molecular complexity index is 334. The lowest BCUT2D eigenvalue weighted by Gasteiger charge is -2.53. The van der Waals surface area contributed by atoms with Crippen molar-refractivity contribution in [2.45, 2.75) is 46.1 Å². The number of aliphatic carboxylic acids is 1. The minimum absolute atomic E-state index is 0. The molecule has 1 amide bonds. The van der Waals surface area contributed by atoms with E-state index in [-0.39, 0.29) is 18.7 Å². The number of hydrogen-bond acceptors (Lipinski definition) is 3. The number of aliphatic hydroxyl groups is 1. The average molecular weight is 257 g/mol. The Hall–Kier alpha value is -1.10. The fourth-order valence-electron chi connectivity index (χ4n) is 2.93. The van der Waals surface area contributed by atoms with E-state index >= 15 is 0 Å². The molecule has 1 atom stereocenters. The molecule has 1 saturated carbocycles. The minimum Gasteiger partial charge on any atom is -0.480 e. The zero-order valence-electron chi connectivity index (χ0n) is 10.1. The molecule has 0 aromatic heterocycles. The van der Waals surface area contributed by atoms with Crippen LogP contribution in [0.3, 0.4) is 0 Å². The molecule has 1 saturated heterocycles. The van der Waals surface area contributed by atoms with Gasteiger partial charge in [-0.3, -0.25) is 4.79 Å². The van der Waals surface area contributed by atoms with E-state index in [1.165, 1.54) is 4.90 Å². The average Bonchev–Trinajstić information content (AvgIpc) is 2.30. The van der Waals surface area contributed by atoms with Crippen LogP contribution in [0.5, 0.6) is 0 Å². The van der Waals surface area contributed by atoms with E-state index in [0.717, 1.165) is 25.7 Å². The second kappa shape index (κ2) is 5.26. The first-order chi connectivity index (χ1) is 8.00. The molecule has 0 bridgehead atoms. The first-order valence-corrected chi connectivity index (χ1v) is 6.15. The summed E-state index contributed by atoms with van der Waals surface area (Å²) in [4.78, 5) is 24.3. The van der Waals surface area contributed by atoms with Gasteiger partial charge in [-0.15, -0.1) is 0 Å². The third kappa shape index (κ3) is 2.23. The van der Waals surface area contributed by atoms with E-state index in [2.05, 4.69) is 6.92 Å². The van der Waals surface area contributed by atoms with Crippen LogP contribution < -0.4 is 0 Å². The van der Waals surface area contributed by atoms with Gasteiger partial charge in [-0.05, 0) is 31.6 Å². The summed E-state index contributed by atoms with van der Waals surface area (Å²) >= 11 is 0. The number of amides is 1. The summed E-state index contributed by atoms with van der Waals surface area (Å²) in [5, 5.41) is 17.9. The quantitative estimate of drug-likeness (QED) is 0.742. The van der Waals surface area contributed by atoms with Gasteiger partial charge in [-0.1, -0.05) is 14.4 Å². The molecular weight excluding hydrogens is 234 g/mol. The van der Waals surface area contributed by atoms with Gasteiger partial charge in [0.1, 0.15) is 0 Å². The van der Waals surface area contributed by atoms with Crippen LogP contribution in [0.25, 0.3) is 0 Å². The predicted molar refractivity (Wildman–Crippen MR) is 67.0 cm³/mol. The van der Waals surface area contributed by atoms with Crippen LogP contribution in [0.15, 0.2) is 0 Å². The third-order valence-electron chi connectivity index (χ3n) is 4.25. The van der Waals surface area contributed by atoms with Crippen LogP contribution in [-0.2, 0) is 9.59 Å². The summed E-state index contributed by atoms with van der Waals surface area (Å²) in [5.74, 6) is -0.540. The molecule has 1 aliphatic heterocycles. The second-order valence-corrected chi connectivity index (χ2v) is 5.43. The minimum atomic E-state index is -1.13. The smallest absolute Gasteiger partial charge is 0.328 e. The molecule has 1 unspecified atom stereocenters. The molecule has 18 heavy (non-hydrogen) atoms. The molecule has 2 N–H and O–H groups in total. The molecule has 1 heterocycles. The van der Waals surface area contributed by atoms with Crippen molar-refractivity contribution in [3.63, 3.8) is 0 Å². The van der Waals surface area contributed by atoms with Gasteiger partial charge in [0.05, 0.1) is 12.0 Å². The number of aliphatic hydroxyl groups excluding tert-OH is 1. The number of likely N-dealkylation sites (tertiary alicyclic amines) is 1. The Morgan fingerprint density at radius 2 is 2.06 bits per heavy atom. The third-order valence-corrected chi connectivity index (χ3v) is 4.25. The van der Waals surface area contributed by atoms with Gasteiger partial charge in [0.2, 0.25) is 5.91 Å². The van der Waals surface area contributed by atoms with Crippen molar-refractivity contribution in [3.8, 4) is 0 Å². The van der Waals surface area contributed by atoms with E-state index in [9.17, 15) is 9.59 Å². The highest BCUT2D eigenvalue weighted by Gasteiger charge is 2.55. The number of carbonyl (C=O) groups excluding carboxylic acids is 1. The van der Waals surface area contributed by atoms with Crippen molar-refractivity contribution in [2.75, 3.05) is 13.2 Å². The zero-order chi connectivity index (χ0) is 12.6. The Labute approximate surface area is 108 Å². The van der Waals surface area contributed by atoms with Gasteiger partial charge < -0.3 is 15.1 Å². The SMILES string of the molecule is C.CC1CCC2(CC1)CN(C(CO)C(=O)O)C2=O. The topological polar surface area (TPSA) is 77.8 Å². The van der Waals surface area contributed by atoms with Crippen molar-refractivity contribution in [1.29, 1.82) is 0 Å². The number of rotatable bonds is 3. The molecule has 5 nitrogen and oxygen atoms in total. The molecule has 2 rings (SSSR count). The summed E-state index contributed by atoms with van der Waals surface area (Å²) < 4.78 is 0. The van der Waals surface area contributed by atoms with Crippen molar-refractivity contribution in [3.05, 3.63) is 0 Å². The molecule has 1 aliphatic carbocycles. The summed E-state index contributed by atoms with van der Waals surface area (Å²) in [7, 11) is 0. The lowest BCUT2D eigenvalue weighted by Crippen LogP contribution is -2.67. The highest BCUT2D eigenvalue weighted by atomic mass is 16.4. The van der Waals surface area contributed by atoms with Crippen LogP contribution in [0.4, 0.5) is 0 Å². The van der Waals surface area contributed by atoms with Gasteiger partial charge in [-0.25, -0.2) is 4.79 Å². The molecule has 104 valence electrons. The number of carbonyl (C=O) groups is 2. The van der Waals surface area contributed by atoms with Gasteiger partial charge in [-0.2, -0.15) is 0 Å². The molecule has 5 heteroatoms. The highest BCUT2D eigenvalue weighted by Crippen LogP contribution is 2.47. The Morgan fingerprint density at radius 3 is 2.44 bits per heavy atom. The van der Waals surface area contributed by atoms with Gasteiger partial charge in [0.25, 0.3) is 0 Å². The summed E-state index contributed by atoms with van der Waals surface area (Å²) in [6.07, 6.45) is 3.80. The van der Waals surface area contributed by atoms with Gasteiger partial charge >= 0.3 is 5.97 Å². The fourth-order valence-corrected chi connectivity index (χ4v) is 2.93. The Balaban J connectivity index is 0.00000162. The van der Waals surface area contributed by atoms with E-state index in [1.807, 2.05) is 0 Å². The van der Waals surface area contributed by atoms with Crippen LogP contribution in [0, 0.1) is 11.3 Å². The highest BCUT2D eigenvalue weighted by molar-refractivity contribution is 5.92. The summed E-state index contributed by atoms with van der Waals surface area (Å²) in [6, 6.07) is -1.06. The van der Waals surface area contributed by atoms with E-state index in [1.54, 1.807) is 0 Å². The van der Waals surface area contributed by atoms with Gasteiger partial charge in [0, 0.05) is 6.54 Å². The molecule has 2 fully saturated rings. The Morgan fingerprint density at radius 1 is 1.50 bits per heavy atom. The maximum absolute atomic E-state index is 12.1. The first-order valence-electron chi connectivity index (χ1n) is 6.15. The van der Waals surface area contributed by atoms with Crippen molar-refractivity contribution < 1.29 is 19.8 Å². The first kappa shape index (κ1) is 15.0. The van der Waals surface area contributed by atoms with Gasteiger partial charge in [0.15, 0.2) is 6.04 Å². The number of nitrogens with zero attached hydrogens (tertiary/aromatic N) is 1. The summed E-state index contributed by atoms with van der Waals surface area (Å²) in [5.41, 5.74) is -0.310. The molecular formula is C13H23NO4. The zero-order valence-corrected chi connectivity index (χ0v) is 10.1. The molecule has 0 aromatic carbocycles. The summed E-state index contributed by atoms with van der Waals surface area (Å²) in [6.45, 7) is 2.17.